The van der Waals surface area contributed by atoms with E-state index in [-0.39, 0.29) is 12.1 Å². The van der Waals surface area contributed by atoms with Gasteiger partial charge >= 0.3 is 12.1 Å². The van der Waals surface area contributed by atoms with Gasteiger partial charge in [0.2, 0.25) is 0 Å². The van der Waals surface area contributed by atoms with E-state index in [9.17, 15) is 32.3 Å². The van der Waals surface area contributed by atoms with Crippen molar-refractivity contribution in [3.05, 3.63) is 29.1 Å². The molecule has 17 heavy (non-hydrogen) atoms. The Morgan fingerprint density at radius 2 is 1.76 bits per heavy atom. The summed E-state index contributed by atoms with van der Waals surface area (Å²) < 4.78 is 49.9. The number of Topliss-reactive ketones (excluding diaryl/α,β-unsaturated/α-hetero) is 1. The second kappa shape index (κ2) is 4.04. The Labute approximate surface area is 91.1 Å². The smallest absolute Gasteiger partial charge is 0.417 e. The number of carboxylic acids is 1. The van der Waals surface area contributed by atoms with E-state index in [1.54, 1.807) is 0 Å². The summed E-state index contributed by atoms with van der Waals surface area (Å²) in [6.07, 6.45) is -5.12. The number of hydrogen-bond acceptors (Lipinski definition) is 3. The minimum Gasteiger partial charge on any atom is -0.870 e. The van der Waals surface area contributed by atoms with Crippen molar-refractivity contribution in [1.82, 2.24) is 0 Å². The van der Waals surface area contributed by atoms with Crippen molar-refractivity contribution < 1.29 is 37.4 Å². The number of alkyl halides is 3. The van der Waals surface area contributed by atoms with Gasteiger partial charge in [0, 0.05) is 5.56 Å². The molecule has 8 heteroatoms. The van der Waals surface area contributed by atoms with Crippen LogP contribution in [-0.4, -0.2) is 16.9 Å². The number of hydrogen-bond donors (Lipinski definition) is 1. The average Bonchev–Trinajstić information content (AvgIpc) is 2.19. The zero-order chi connectivity index (χ0) is 13.4. The molecule has 1 aromatic rings. The summed E-state index contributed by atoms with van der Waals surface area (Å²) >= 11 is 0. The van der Waals surface area contributed by atoms with Gasteiger partial charge in [-0.2, -0.15) is 13.2 Å². The topological polar surface area (TPSA) is 77.4 Å². The Balaban J connectivity index is 3.59. The molecule has 1 aromatic carbocycles. The van der Waals surface area contributed by atoms with Crippen LogP contribution in [0.25, 0.3) is 0 Å². The molecule has 0 fully saturated rings. The van der Waals surface area contributed by atoms with Crippen LogP contribution in [0, 0.1) is 5.82 Å². The Bertz CT molecular complexity index is 493. The largest absolute Gasteiger partial charge is 0.870 e. The van der Waals surface area contributed by atoms with Gasteiger partial charge in [-0.15, -0.1) is 0 Å². The summed E-state index contributed by atoms with van der Waals surface area (Å²) in [5.74, 6) is -7.87. The number of benzene rings is 1. The molecule has 0 aliphatic carbocycles. The summed E-state index contributed by atoms with van der Waals surface area (Å²) in [6, 6.07) is 0.372. The molecule has 0 bridgehead atoms. The lowest BCUT2D eigenvalue weighted by Crippen LogP contribution is -2.22. The number of aliphatic carboxylic acids is 1. The number of carbonyl (C=O) groups excluding carboxylic acids is 1. The SMILES string of the molecule is O=C(O)C(=O)c1c(C(F)(F)F)ccc(F)c1[O-]. The fraction of sp³-hybridized carbons (Fsp3) is 0.111. The van der Waals surface area contributed by atoms with Gasteiger partial charge in [0.05, 0.1) is 5.56 Å². The maximum absolute atomic E-state index is 12.7. The quantitative estimate of drug-likeness (QED) is 0.486. The lowest BCUT2D eigenvalue weighted by atomic mass is 10.0. The van der Waals surface area contributed by atoms with Crippen molar-refractivity contribution in [3.8, 4) is 5.75 Å². The normalized spacial score (nSPS) is 11.3. The number of rotatable bonds is 2. The minimum atomic E-state index is -5.12. The number of carboxylic acid groups (broad SMARTS) is 1. The highest BCUT2D eigenvalue weighted by atomic mass is 19.4. The van der Waals surface area contributed by atoms with Crippen LogP contribution in [0.15, 0.2) is 12.1 Å². The monoisotopic (exact) mass is 251 g/mol. The molecule has 0 aliphatic rings. The molecule has 0 unspecified atom stereocenters. The van der Waals surface area contributed by atoms with E-state index in [4.69, 9.17) is 5.11 Å². The fourth-order valence-electron chi connectivity index (χ4n) is 1.13. The van der Waals surface area contributed by atoms with Crippen LogP contribution in [0.5, 0.6) is 5.75 Å². The van der Waals surface area contributed by atoms with Crippen LogP contribution in [0.1, 0.15) is 15.9 Å². The maximum Gasteiger partial charge on any atom is 0.417 e. The molecular formula is C9H3F4O4-. The molecule has 0 radical (unpaired) electrons. The van der Waals surface area contributed by atoms with E-state index in [2.05, 4.69) is 0 Å². The molecule has 0 saturated carbocycles. The first-order chi connectivity index (χ1) is 7.66. The van der Waals surface area contributed by atoms with Crippen molar-refractivity contribution >= 4 is 11.8 Å². The van der Waals surface area contributed by atoms with Crippen molar-refractivity contribution in [2.75, 3.05) is 0 Å². The van der Waals surface area contributed by atoms with Gasteiger partial charge in [0.1, 0.15) is 5.82 Å². The van der Waals surface area contributed by atoms with Crippen LogP contribution in [0.3, 0.4) is 0 Å². The van der Waals surface area contributed by atoms with Crippen LogP contribution >= 0.6 is 0 Å². The molecule has 4 nitrogen and oxygen atoms in total. The van der Waals surface area contributed by atoms with Gasteiger partial charge < -0.3 is 10.2 Å². The summed E-state index contributed by atoms with van der Waals surface area (Å²) in [6.45, 7) is 0. The van der Waals surface area contributed by atoms with Crippen molar-refractivity contribution in [1.29, 1.82) is 0 Å². The van der Waals surface area contributed by atoms with E-state index in [1.807, 2.05) is 0 Å². The second-order valence-corrected chi connectivity index (χ2v) is 2.93. The summed E-state index contributed by atoms with van der Waals surface area (Å²) in [5, 5.41) is 19.3. The molecule has 0 saturated heterocycles. The Hall–Kier alpha value is -2.12. The lowest BCUT2D eigenvalue weighted by Gasteiger charge is -2.18. The third-order valence-corrected chi connectivity index (χ3v) is 1.84. The van der Waals surface area contributed by atoms with Gasteiger partial charge in [-0.3, -0.25) is 4.79 Å². The van der Waals surface area contributed by atoms with Gasteiger partial charge in [-0.1, -0.05) is 5.75 Å². The fourth-order valence-corrected chi connectivity index (χ4v) is 1.13. The number of halogens is 4. The molecule has 1 rings (SSSR count). The molecule has 0 aliphatic heterocycles. The molecule has 92 valence electrons. The van der Waals surface area contributed by atoms with Crippen molar-refractivity contribution in [2.45, 2.75) is 6.18 Å². The van der Waals surface area contributed by atoms with Crippen molar-refractivity contribution in [3.63, 3.8) is 0 Å². The first-order valence-electron chi connectivity index (χ1n) is 4.00. The maximum atomic E-state index is 12.7. The van der Waals surface area contributed by atoms with E-state index >= 15 is 0 Å². The summed E-state index contributed by atoms with van der Waals surface area (Å²) in [7, 11) is 0. The third-order valence-electron chi connectivity index (χ3n) is 1.84. The molecule has 0 atom stereocenters. The summed E-state index contributed by atoms with van der Waals surface area (Å²) in [4.78, 5) is 21.2. The van der Waals surface area contributed by atoms with E-state index in [1.165, 1.54) is 0 Å². The predicted octanol–water partition coefficient (Wildman–Crippen LogP) is 1.19. The number of ketones is 1. The molecular weight excluding hydrogens is 248 g/mol. The van der Waals surface area contributed by atoms with E-state index in [0.29, 0.717) is 0 Å². The van der Waals surface area contributed by atoms with Crippen LogP contribution in [0.4, 0.5) is 17.6 Å². The van der Waals surface area contributed by atoms with Crippen LogP contribution in [0.2, 0.25) is 0 Å². The second-order valence-electron chi connectivity index (χ2n) is 2.93. The van der Waals surface area contributed by atoms with Gasteiger partial charge in [-0.25, -0.2) is 9.18 Å². The van der Waals surface area contributed by atoms with Gasteiger partial charge in [0.15, 0.2) is 0 Å². The first-order valence-corrected chi connectivity index (χ1v) is 4.00. The van der Waals surface area contributed by atoms with E-state index < -0.39 is 40.6 Å². The number of carbonyl (C=O) groups is 2. The Morgan fingerprint density at radius 3 is 2.18 bits per heavy atom. The molecule has 0 amide bonds. The standard InChI is InChI=1S/C9H4F4O4/c10-4-2-1-3(9(11,12)13)5(6(4)14)7(15)8(16)17/h1-2,14H,(H,16,17)/p-1. The molecule has 0 spiro atoms. The van der Waals surface area contributed by atoms with Crippen LogP contribution in [-0.2, 0) is 11.0 Å². The van der Waals surface area contributed by atoms with Gasteiger partial charge in [0.25, 0.3) is 5.78 Å². The molecule has 0 heterocycles. The highest BCUT2D eigenvalue weighted by molar-refractivity contribution is 6.40. The third kappa shape index (κ3) is 2.35. The zero-order valence-corrected chi connectivity index (χ0v) is 7.84. The molecule has 1 N–H and O–H groups in total. The first kappa shape index (κ1) is 12.9. The van der Waals surface area contributed by atoms with E-state index in [0.717, 1.165) is 0 Å². The zero-order valence-electron chi connectivity index (χ0n) is 7.84. The lowest BCUT2D eigenvalue weighted by molar-refractivity contribution is -0.273. The van der Waals surface area contributed by atoms with Gasteiger partial charge in [-0.05, 0) is 12.1 Å². The molecule has 0 aromatic heterocycles. The Kier molecular flexibility index (Phi) is 3.08. The predicted molar refractivity (Wildman–Crippen MR) is 42.8 cm³/mol. The minimum absolute atomic E-state index is 0.146. The summed E-state index contributed by atoms with van der Waals surface area (Å²) in [5.41, 5.74) is -3.48. The highest BCUT2D eigenvalue weighted by Crippen LogP contribution is 2.36. The highest BCUT2D eigenvalue weighted by Gasteiger charge is 2.37. The van der Waals surface area contributed by atoms with Crippen molar-refractivity contribution in [2.24, 2.45) is 0 Å². The van der Waals surface area contributed by atoms with Crippen LogP contribution < -0.4 is 5.11 Å². The average molecular weight is 251 g/mol. The Morgan fingerprint density at radius 1 is 1.24 bits per heavy atom.